The van der Waals surface area contributed by atoms with Gasteiger partial charge in [0.05, 0.1) is 5.56 Å². The van der Waals surface area contributed by atoms with Gasteiger partial charge in [-0.2, -0.15) is 0 Å². The number of carbonyl (C=O) groups is 2. The summed E-state index contributed by atoms with van der Waals surface area (Å²) in [6.45, 7) is 0. The second kappa shape index (κ2) is 7.97. The minimum atomic E-state index is -0.991. The van der Waals surface area contributed by atoms with E-state index in [0.717, 1.165) is 25.7 Å². The van der Waals surface area contributed by atoms with Gasteiger partial charge < -0.3 is 10.4 Å². The molecule has 0 radical (unpaired) electrons. The molecule has 130 valence electrons. The largest absolute Gasteiger partial charge is 0.478 e. The van der Waals surface area contributed by atoms with E-state index in [4.69, 9.17) is 0 Å². The number of aromatic carboxylic acids is 1. The van der Waals surface area contributed by atoms with Gasteiger partial charge in [0, 0.05) is 11.6 Å². The van der Waals surface area contributed by atoms with Crippen LogP contribution in [0.1, 0.15) is 59.2 Å². The van der Waals surface area contributed by atoms with Gasteiger partial charge in [0.2, 0.25) is 0 Å². The molecule has 1 saturated carbocycles. The van der Waals surface area contributed by atoms with Crippen LogP contribution < -0.4 is 5.32 Å². The number of nitrogens with one attached hydrogen (secondary N) is 1. The predicted molar refractivity (Wildman–Crippen MR) is 97.8 cm³/mol. The van der Waals surface area contributed by atoms with Gasteiger partial charge in [-0.1, -0.05) is 62.1 Å². The van der Waals surface area contributed by atoms with Crippen LogP contribution in [0, 0.1) is 0 Å². The Bertz CT molecular complexity index is 761. The molecular weight excluding hydrogens is 314 g/mol. The van der Waals surface area contributed by atoms with Gasteiger partial charge in [0.15, 0.2) is 0 Å². The number of rotatable bonds is 4. The van der Waals surface area contributed by atoms with Crippen LogP contribution >= 0.6 is 0 Å². The molecule has 3 rings (SSSR count). The van der Waals surface area contributed by atoms with Crippen molar-refractivity contribution in [2.75, 3.05) is 0 Å². The van der Waals surface area contributed by atoms with E-state index in [1.54, 1.807) is 30.3 Å². The zero-order valence-electron chi connectivity index (χ0n) is 14.2. The Balaban J connectivity index is 1.91. The first-order valence-corrected chi connectivity index (χ1v) is 8.89. The van der Waals surface area contributed by atoms with E-state index in [9.17, 15) is 14.7 Å². The maximum absolute atomic E-state index is 12.8. The van der Waals surface area contributed by atoms with Crippen LogP contribution in [0.4, 0.5) is 0 Å². The van der Waals surface area contributed by atoms with Crippen LogP contribution in [0.2, 0.25) is 0 Å². The minimum absolute atomic E-state index is 0.123. The van der Waals surface area contributed by atoms with Gasteiger partial charge in [0.1, 0.15) is 0 Å². The van der Waals surface area contributed by atoms with Crippen molar-refractivity contribution in [2.45, 2.75) is 44.6 Å². The maximum atomic E-state index is 12.8. The standard InChI is InChI=1S/C21H23NO3/c23-20(22-15-9-3-1-2-4-10-15)18-13-7-5-11-16(18)17-12-6-8-14-19(17)21(24)25/h5-8,11-15H,1-4,9-10H2,(H,22,23)(H,24,25). The Morgan fingerprint density at radius 2 is 1.32 bits per heavy atom. The second-order valence-corrected chi connectivity index (χ2v) is 6.56. The van der Waals surface area contributed by atoms with Crippen molar-refractivity contribution in [1.29, 1.82) is 0 Å². The summed E-state index contributed by atoms with van der Waals surface area (Å²) in [4.78, 5) is 24.4. The summed E-state index contributed by atoms with van der Waals surface area (Å²) >= 11 is 0. The average molecular weight is 337 g/mol. The Morgan fingerprint density at radius 1 is 0.800 bits per heavy atom. The third-order valence-electron chi connectivity index (χ3n) is 4.81. The van der Waals surface area contributed by atoms with E-state index in [1.807, 2.05) is 18.2 Å². The lowest BCUT2D eigenvalue weighted by Crippen LogP contribution is -2.34. The quantitative estimate of drug-likeness (QED) is 0.807. The SMILES string of the molecule is O=C(O)c1ccccc1-c1ccccc1C(=O)NC1CCCCCC1. The predicted octanol–water partition coefficient (Wildman–Crippen LogP) is 4.50. The number of hydrogen-bond donors (Lipinski definition) is 2. The van der Waals surface area contributed by atoms with E-state index >= 15 is 0 Å². The van der Waals surface area contributed by atoms with Crippen molar-refractivity contribution < 1.29 is 14.7 Å². The van der Waals surface area contributed by atoms with E-state index in [-0.39, 0.29) is 17.5 Å². The van der Waals surface area contributed by atoms with Gasteiger partial charge in [-0.15, -0.1) is 0 Å². The average Bonchev–Trinajstić information content (AvgIpc) is 2.90. The van der Waals surface area contributed by atoms with Crippen molar-refractivity contribution in [1.82, 2.24) is 5.32 Å². The van der Waals surface area contributed by atoms with Gasteiger partial charge in [-0.25, -0.2) is 4.79 Å². The number of carboxylic acid groups (broad SMARTS) is 1. The minimum Gasteiger partial charge on any atom is -0.478 e. The van der Waals surface area contributed by atoms with Crippen LogP contribution in [0.3, 0.4) is 0 Å². The number of carbonyl (C=O) groups excluding carboxylic acids is 1. The lowest BCUT2D eigenvalue weighted by Gasteiger charge is -2.18. The topological polar surface area (TPSA) is 66.4 Å². The zero-order chi connectivity index (χ0) is 17.6. The molecule has 2 aromatic carbocycles. The first-order valence-electron chi connectivity index (χ1n) is 8.89. The molecule has 25 heavy (non-hydrogen) atoms. The highest BCUT2D eigenvalue weighted by atomic mass is 16.4. The summed E-state index contributed by atoms with van der Waals surface area (Å²) in [6.07, 6.45) is 6.78. The molecule has 1 fully saturated rings. The van der Waals surface area contributed by atoms with Gasteiger partial charge >= 0.3 is 5.97 Å². The fraction of sp³-hybridized carbons (Fsp3) is 0.333. The smallest absolute Gasteiger partial charge is 0.336 e. The molecule has 1 aliphatic carbocycles. The lowest BCUT2D eigenvalue weighted by atomic mass is 9.94. The van der Waals surface area contributed by atoms with E-state index in [1.165, 1.54) is 12.8 Å². The molecule has 0 saturated heterocycles. The fourth-order valence-electron chi connectivity index (χ4n) is 3.51. The molecule has 0 aromatic heterocycles. The third kappa shape index (κ3) is 4.08. The highest BCUT2D eigenvalue weighted by molar-refractivity contribution is 6.04. The van der Waals surface area contributed by atoms with E-state index in [2.05, 4.69) is 5.32 Å². The van der Waals surface area contributed by atoms with E-state index < -0.39 is 5.97 Å². The van der Waals surface area contributed by atoms with Crippen LogP contribution in [0.5, 0.6) is 0 Å². The second-order valence-electron chi connectivity index (χ2n) is 6.56. The van der Waals surface area contributed by atoms with Crippen molar-refractivity contribution in [3.05, 3.63) is 59.7 Å². The molecule has 0 bridgehead atoms. The van der Waals surface area contributed by atoms with E-state index in [0.29, 0.717) is 16.7 Å². The summed E-state index contributed by atoms with van der Waals surface area (Å²) in [5, 5.41) is 12.6. The molecule has 2 aromatic rings. The Morgan fingerprint density at radius 3 is 1.92 bits per heavy atom. The van der Waals surface area contributed by atoms with Crippen molar-refractivity contribution >= 4 is 11.9 Å². The normalized spacial score (nSPS) is 15.4. The molecule has 1 aliphatic rings. The first-order chi connectivity index (χ1) is 12.2. The summed E-state index contributed by atoms with van der Waals surface area (Å²) in [6, 6.07) is 14.2. The highest BCUT2D eigenvalue weighted by Crippen LogP contribution is 2.28. The highest BCUT2D eigenvalue weighted by Gasteiger charge is 2.20. The number of hydrogen-bond acceptors (Lipinski definition) is 2. The molecule has 0 aliphatic heterocycles. The molecule has 4 heteroatoms. The van der Waals surface area contributed by atoms with Crippen LogP contribution in [-0.2, 0) is 0 Å². The molecule has 0 heterocycles. The molecule has 2 N–H and O–H groups in total. The Kier molecular flexibility index (Phi) is 5.49. The summed E-state index contributed by atoms with van der Waals surface area (Å²) in [5.41, 5.74) is 1.96. The summed E-state index contributed by atoms with van der Waals surface area (Å²) < 4.78 is 0. The van der Waals surface area contributed by atoms with Crippen LogP contribution in [0.25, 0.3) is 11.1 Å². The first kappa shape index (κ1) is 17.2. The van der Waals surface area contributed by atoms with Gasteiger partial charge in [-0.05, 0) is 36.1 Å². The molecule has 4 nitrogen and oxygen atoms in total. The van der Waals surface area contributed by atoms with Crippen LogP contribution in [-0.4, -0.2) is 23.0 Å². The number of benzene rings is 2. The Hall–Kier alpha value is -2.62. The molecule has 0 spiro atoms. The van der Waals surface area contributed by atoms with Crippen molar-refractivity contribution in [3.63, 3.8) is 0 Å². The summed E-state index contributed by atoms with van der Waals surface area (Å²) in [5.74, 6) is -1.11. The molecular formula is C21H23NO3. The number of carboxylic acids is 1. The maximum Gasteiger partial charge on any atom is 0.336 e. The van der Waals surface area contributed by atoms with Gasteiger partial charge in [0.25, 0.3) is 5.91 Å². The summed E-state index contributed by atoms with van der Waals surface area (Å²) in [7, 11) is 0. The van der Waals surface area contributed by atoms with Gasteiger partial charge in [-0.3, -0.25) is 4.79 Å². The van der Waals surface area contributed by atoms with Crippen molar-refractivity contribution in [2.24, 2.45) is 0 Å². The monoisotopic (exact) mass is 337 g/mol. The number of amides is 1. The van der Waals surface area contributed by atoms with Crippen LogP contribution in [0.15, 0.2) is 48.5 Å². The lowest BCUT2D eigenvalue weighted by molar-refractivity contribution is 0.0697. The molecule has 0 atom stereocenters. The fourth-order valence-corrected chi connectivity index (χ4v) is 3.51. The molecule has 0 unspecified atom stereocenters. The molecule has 1 amide bonds. The van der Waals surface area contributed by atoms with Crippen molar-refractivity contribution in [3.8, 4) is 11.1 Å². The Labute approximate surface area is 147 Å². The third-order valence-corrected chi connectivity index (χ3v) is 4.81. The zero-order valence-corrected chi connectivity index (χ0v) is 14.2.